The van der Waals surface area contributed by atoms with E-state index in [9.17, 15) is 16.8 Å². The molecule has 0 amide bonds. The summed E-state index contributed by atoms with van der Waals surface area (Å²) in [6.07, 6.45) is 2.35. The molecule has 2 fully saturated rings. The van der Waals surface area contributed by atoms with Gasteiger partial charge in [0, 0.05) is 17.9 Å². The van der Waals surface area contributed by atoms with E-state index in [0.29, 0.717) is 11.9 Å². The predicted octanol–water partition coefficient (Wildman–Crippen LogP) is 0.753. The average Bonchev–Trinajstić information content (AvgIpc) is 3.09. The molecule has 0 unspecified atom stereocenters. The van der Waals surface area contributed by atoms with E-state index in [-0.39, 0.29) is 30.4 Å². The first-order chi connectivity index (χ1) is 8.37. The van der Waals surface area contributed by atoms with Crippen molar-refractivity contribution in [1.29, 1.82) is 0 Å². The van der Waals surface area contributed by atoms with E-state index in [2.05, 4.69) is 15.9 Å². The van der Waals surface area contributed by atoms with Crippen LogP contribution in [0.4, 0.5) is 0 Å². The van der Waals surface area contributed by atoms with E-state index in [1.165, 1.54) is 0 Å². The zero-order chi connectivity index (χ0) is 13.4. The lowest BCUT2D eigenvalue weighted by atomic mass is 10.2. The van der Waals surface area contributed by atoms with E-state index in [4.69, 9.17) is 0 Å². The van der Waals surface area contributed by atoms with Crippen molar-refractivity contribution in [2.24, 2.45) is 0 Å². The van der Waals surface area contributed by atoms with E-state index >= 15 is 0 Å². The molecule has 1 aliphatic carbocycles. The van der Waals surface area contributed by atoms with E-state index < -0.39 is 25.1 Å². The zero-order valence-electron chi connectivity index (χ0n) is 10.1. The Morgan fingerprint density at radius 3 is 2.11 bits per heavy atom. The normalized spacial score (nSPS) is 25.4. The molecule has 5 nitrogen and oxygen atoms in total. The highest BCUT2D eigenvalue weighted by molar-refractivity contribution is 9.09. The monoisotopic (exact) mass is 359 g/mol. The molecule has 1 saturated carbocycles. The van der Waals surface area contributed by atoms with Crippen LogP contribution in [-0.2, 0) is 19.9 Å². The average molecular weight is 360 g/mol. The second-order valence-corrected chi connectivity index (χ2v) is 10.2. The van der Waals surface area contributed by atoms with E-state index in [1.54, 1.807) is 4.31 Å². The van der Waals surface area contributed by atoms with Gasteiger partial charge in [0.1, 0.15) is 9.84 Å². The van der Waals surface area contributed by atoms with Crippen LogP contribution in [0.25, 0.3) is 0 Å². The summed E-state index contributed by atoms with van der Waals surface area (Å²) >= 11 is 3.28. The second-order valence-electron chi connectivity index (χ2n) is 4.93. The van der Waals surface area contributed by atoms with Gasteiger partial charge in [0.2, 0.25) is 10.0 Å². The quantitative estimate of drug-likeness (QED) is 0.679. The summed E-state index contributed by atoms with van der Waals surface area (Å²) in [4.78, 5) is 0. The van der Waals surface area contributed by atoms with Gasteiger partial charge < -0.3 is 0 Å². The minimum Gasteiger partial charge on any atom is -0.229 e. The third-order valence-corrected chi connectivity index (χ3v) is 8.03. The predicted molar refractivity (Wildman–Crippen MR) is 74.1 cm³/mol. The lowest BCUT2D eigenvalue weighted by Gasteiger charge is -2.29. The van der Waals surface area contributed by atoms with Gasteiger partial charge >= 0.3 is 0 Å². The molecule has 0 aromatic carbocycles. The maximum absolute atomic E-state index is 12.5. The molecule has 0 radical (unpaired) electrons. The van der Waals surface area contributed by atoms with Gasteiger partial charge in [-0.15, -0.1) is 0 Å². The fourth-order valence-corrected chi connectivity index (χ4v) is 6.91. The molecule has 8 heteroatoms. The number of sulfonamides is 1. The van der Waals surface area contributed by atoms with E-state index in [1.807, 2.05) is 0 Å². The molecule has 0 aromatic rings. The van der Waals surface area contributed by atoms with Gasteiger partial charge in [0.25, 0.3) is 0 Å². The zero-order valence-corrected chi connectivity index (χ0v) is 13.3. The summed E-state index contributed by atoms with van der Waals surface area (Å²) < 4.78 is 49.2. The third kappa shape index (κ3) is 3.26. The number of nitrogens with zero attached hydrogens (tertiary/aromatic N) is 1. The van der Waals surface area contributed by atoms with Crippen LogP contribution >= 0.6 is 15.9 Å². The Morgan fingerprint density at radius 1 is 1.11 bits per heavy atom. The Kier molecular flexibility index (Phi) is 4.40. The number of sulfone groups is 1. The van der Waals surface area contributed by atoms with E-state index in [0.717, 1.165) is 12.8 Å². The molecule has 0 N–H and O–H groups in total. The maximum Gasteiger partial charge on any atom is 0.217 e. The minimum atomic E-state index is -3.33. The molecule has 18 heavy (non-hydrogen) atoms. The van der Waals surface area contributed by atoms with Crippen molar-refractivity contribution in [2.45, 2.75) is 37.0 Å². The highest BCUT2D eigenvalue weighted by Crippen LogP contribution is 2.33. The number of alkyl halides is 1. The molecule has 1 aliphatic heterocycles. The van der Waals surface area contributed by atoms with Crippen LogP contribution in [0.2, 0.25) is 0 Å². The van der Waals surface area contributed by atoms with Gasteiger partial charge in [-0.05, 0) is 25.7 Å². The van der Waals surface area contributed by atoms with Crippen molar-refractivity contribution in [3.05, 3.63) is 0 Å². The summed E-state index contributed by atoms with van der Waals surface area (Å²) in [6.45, 7) is 0.482. The molecule has 1 heterocycles. The Labute approximate surface area is 117 Å². The fraction of sp³-hybridized carbons (Fsp3) is 1.00. The first-order valence-corrected chi connectivity index (χ1v) is 10.6. The first-order valence-electron chi connectivity index (χ1n) is 6.14. The lowest BCUT2D eigenvalue weighted by Crippen LogP contribution is -2.44. The van der Waals surface area contributed by atoms with Crippen molar-refractivity contribution in [3.63, 3.8) is 0 Å². The van der Waals surface area contributed by atoms with Crippen molar-refractivity contribution in [3.8, 4) is 0 Å². The van der Waals surface area contributed by atoms with Crippen molar-refractivity contribution < 1.29 is 16.8 Å². The molecule has 0 bridgehead atoms. The standard InChI is InChI=1S/C10H18BrNO4S2/c11-5-6-12(9-1-2-9)18(15,16)10-3-7-17(13,14)8-4-10/h9-10H,1-8H2. The number of halogens is 1. The summed E-state index contributed by atoms with van der Waals surface area (Å²) in [5.41, 5.74) is 0. The SMILES string of the molecule is O=S1(=O)CCC(S(=O)(=O)N(CCBr)C2CC2)CC1. The molecular weight excluding hydrogens is 342 g/mol. The lowest BCUT2D eigenvalue weighted by molar-refractivity contribution is 0.411. The van der Waals surface area contributed by atoms with Gasteiger partial charge in [0.05, 0.1) is 16.8 Å². The smallest absolute Gasteiger partial charge is 0.217 e. The van der Waals surface area contributed by atoms with Crippen LogP contribution in [0, 0.1) is 0 Å². The number of hydrogen-bond donors (Lipinski definition) is 0. The van der Waals surface area contributed by atoms with Crippen LogP contribution in [0.5, 0.6) is 0 Å². The van der Waals surface area contributed by atoms with Crippen molar-refractivity contribution in [2.75, 3.05) is 23.4 Å². The summed E-state index contributed by atoms with van der Waals surface area (Å²) in [7, 11) is -6.35. The Balaban J connectivity index is 2.10. The molecule has 2 aliphatic rings. The van der Waals surface area contributed by atoms with Gasteiger partial charge in [-0.2, -0.15) is 4.31 Å². The minimum absolute atomic E-state index is 0.00369. The molecule has 1 saturated heterocycles. The Morgan fingerprint density at radius 2 is 1.67 bits per heavy atom. The summed E-state index contributed by atoms with van der Waals surface area (Å²) in [6, 6.07) is 0.145. The van der Waals surface area contributed by atoms with Crippen LogP contribution in [-0.4, -0.2) is 55.8 Å². The number of hydrogen-bond acceptors (Lipinski definition) is 4. The summed E-state index contributed by atoms with van der Waals surface area (Å²) in [5.74, 6) is 0.00737. The van der Waals surface area contributed by atoms with Crippen LogP contribution in [0.15, 0.2) is 0 Å². The molecule has 0 aromatic heterocycles. The topological polar surface area (TPSA) is 71.5 Å². The Hall–Kier alpha value is 0.340. The maximum atomic E-state index is 12.5. The van der Waals surface area contributed by atoms with Crippen molar-refractivity contribution in [1.82, 2.24) is 4.31 Å². The molecule has 0 atom stereocenters. The third-order valence-electron chi connectivity index (χ3n) is 3.51. The fourth-order valence-electron chi connectivity index (χ4n) is 2.32. The number of rotatable bonds is 5. The molecular formula is C10H18BrNO4S2. The molecule has 0 spiro atoms. The Bertz CT molecular complexity index is 484. The largest absolute Gasteiger partial charge is 0.229 e. The van der Waals surface area contributed by atoms with Crippen LogP contribution in [0.3, 0.4) is 0 Å². The highest BCUT2D eigenvalue weighted by atomic mass is 79.9. The summed E-state index contributed by atoms with van der Waals surface area (Å²) in [5, 5.41) is 0.106. The van der Waals surface area contributed by atoms with Gasteiger partial charge in [0.15, 0.2) is 0 Å². The van der Waals surface area contributed by atoms with Gasteiger partial charge in [-0.25, -0.2) is 16.8 Å². The molecule has 2 rings (SSSR count). The second kappa shape index (κ2) is 5.38. The van der Waals surface area contributed by atoms with Crippen molar-refractivity contribution >= 4 is 35.8 Å². The first kappa shape index (κ1) is 14.7. The van der Waals surface area contributed by atoms with Crippen LogP contribution in [0.1, 0.15) is 25.7 Å². The molecule has 106 valence electrons. The van der Waals surface area contributed by atoms with Gasteiger partial charge in [-0.3, -0.25) is 0 Å². The van der Waals surface area contributed by atoms with Gasteiger partial charge in [-0.1, -0.05) is 15.9 Å². The highest BCUT2D eigenvalue weighted by Gasteiger charge is 2.42. The van der Waals surface area contributed by atoms with Crippen LogP contribution < -0.4 is 0 Å².